The van der Waals surface area contributed by atoms with Crippen molar-refractivity contribution in [2.75, 3.05) is 0 Å². The van der Waals surface area contributed by atoms with Crippen molar-refractivity contribution in [1.82, 2.24) is 0 Å². The van der Waals surface area contributed by atoms with Crippen LogP contribution < -0.4 is 21.2 Å². The first-order chi connectivity index (χ1) is 9.72. The SMILES string of the molecule is C=CC1=C(/C=C\C)Cc2cc(C)ccc2N=C1C1=C[I-]1. The quantitative estimate of drug-likeness (QED) is 0.714. The summed E-state index contributed by atoms with van der Waals surface area (Å²) in [6.07, 6.45) is 7.20. The van der Waals surface area contributed by atoms with Gasteiger partial charge in [0.2, 0.25) is 0 Å². The van der Waals surface area contributed by atoms with Gasteiger partial charge in [-0.1, -0.05) is 0 Å². The predicted molar refractivity (Wildman–Crippen MR) is 82.1 cm³/mol. The molecule has 0 fully saturated rings. The fourth-order valence-electron chi connectivity index (χ4n) is 2.49. The van der Waals surface area contributed by atoms with Gasteiger partial charge in [-0.15, -0.1) is 0 Å². The number of fused-ring (bicyclic) bond motifs is 1. The molecule has 102 valence electrons. The normalized spacial score (nSPS) is 17.9. The summed E-state index contributed by atoms with van der Waals surface area (Å²) in [7, 11) is 0. The molecule has 0 N–H and O–H groups in total. The van der Waals surface area contributed by atoms with Crippen molar-refractivity contribution in [2.24, 2.45) is 4.99 Å². The van der Waals surface area contributed by atoms with E-state index in [1.165, 1.54) is 25.9 Å². The molecule has 0 aliphatic carbocycles. The monoisotopic (exact) mass is 374 g/mol. The van der Waals surface area contributed by atoms with Crippen LogP contribution >= 0.6 is 0 Å². The van der Waals surface area contributed by atoms with Crippen molar-refractivity contribution in [1.29, 1.82) is 0 Å². The number of allylic oxidation sites excluding steroid dienone is 6. The van der Waals surface area contributed by atoms with Crippen LogP contribution in [0.25, 0.3) is 0 Å². The van der Waals surface area contributed by atoms with E-state index < -0.39 is 0 Å². The molecule has 2 heterocycles. The second-order valence-corrected chi connectivity index (χ2v) is 7.39. The summed E-state index contributed by atoms with van der Waals surface area (Å²) < 4.78 is 3.79. The molecule has 0 radical (unpaired) electrons. The van der Waals surface area contributed by atoms with E-state index in [-0.39, 0.29) is 21.2 Å². The Morgan fingerprint density at radius 1 is 1.35 bits per heavy atom. The van der Waals surface area contributed by atoms with E-state index in [9.17, 15) is 0 Å². The Morgan fingerprint density at radius 3 is 2.80 bits per heavy atom. The van der Waals surface area contributed by atoms with Gasteiger partial charge in [0.25, 0.3) is 0 Å². The van der Waals surface area contributed by atoms with Crippen molar-refractivity contribution < 1.29 is 21.2 Å². The van der Waals surface area contributed by atoms with Crippen molar-refractivity contribution in [3.05, 3.63) is 72.9 Å². The minimum absolute atomic E-state index is 0.132. The summed E-state index contributed by atoms with van der Waals surface area (Å²) in [5, 5.41) is 0. The van der Waals surface area contributed by atoms with Crippen LogP contribution in [0, 0.1) is 6.92 Å². The van der Waals surface area contributed by atoms with Crippen LogP contribution in [0.1, 0.15) is 18.1 Å². The molecular weight excluding hydrogens is 357 g/mol. The maximum atomic E-state index is 4.94. The molecule has 2 aliphatic rings. The van der Waals surface area contributed by atoms with Gasteiger partial charge in [-0.2, -0.15) is 0 Å². The molecule has 0 saturated carbocycles. The number of hydrogen-bond donors (Lipinski definition) is 0. The second kappa shape index (κ2) is 5.52. The topological polar surface area (TPSA) is 12.4 Å². The van der Waals surface area contributed by atoms with Crippen LogP contribution in [-0.2, 0) is 6.42 Å². The number of benzene rings is 1. The predicted octanol–water partition coefficient (Wildman–Crippen LogP) is 1.63. The van der Waals surface area contributed by atoms with E-state index in [1.807, 2.05) is 6.08 Å². The molecule has 0 spiro atoms. The van der Waals surface area contributed by atoms with E-state index in [0.717, 1.165) is 17.8 Å². The molecule has 2 aliphatic heterocycles. The first kappa shape index (κ1) is 13.6. The Kier molecular flexibility index (Phi) is 3.74. The Hall–Kier alpha value is -1.42. The molecule has 20 heavy (non-hydrogen) atoms. The Bertz CT molecular complexity index is 702. The van der Waals surface area contributed by atoms with E-state index in [0.29, 0.717) is 0 Å². The van der Waals surface area contributed by atoms with Gasteiger partial charge in [0.1, 0.15) is 0 Å². The van der Waals surface area contributed by atoms with E-state index in [4.69, 9.17) is 4.99 Å². The average molecular weight is 374 g/mol. The van der Waals surface area contributed by atoms with Crippen LogP contribution in [0.5, 0.6) is 0 Å². The molecule has 0 saturated heterocycles. The molecule has 0 amide bonds. The number of halogens is 1. The van der Waals surface area contributed by atoms with Gasteiger partial charge in [-0.05, 0) is 0 Å². The van der Waals surface area contributed by atoms with Crippen molar-refractivity contribution in [3.63, 3.8) is 0 Å². The van der Waals surface area contributed by atoms with E-state index in [1.54, 1.807) is 0 Å². The second-order valence-electron chi connectivity index (χ2n) is 4.98. The Balaban J connectivity index is 2.22. The van der Waals surface area contributed by atoms with Gasteiger partial charge < -0.3 is 0 Å². The van der Waals surface area contributed by atoms with Gasteiger partial charge in [-0.3, -0.25) is 0 Å². The van der Waals surface area contributed by atoms with Crippen LogP contribution in [0.2, 0.25) is 0 Å². The average Bonchev–Trinajstić information content (AvgIpc) is 3.24. The number of rotatable bonds is 3. The van der Waals surface area contributed by atoms with E-state index >= 15 is 0 Å². The van der Waals surface area contributed by atoms with Gasteiger partial charge in [0, 0.05) is 0 Å². The van der Waals surface area contributed by atoms with Crippen LogP contribution in [0.15, 0.2) is 66.8 Å². The zero-order valence-corrected chi connectivity index (χ0v) is 13.9. The summed E-state index contributed by atoms with van der Waals surface area (Å²) in [6, 6.07) is 6.54. The van der Waals surface area contributed by atoms with Crippen molar-refractivity contribution >= 4 is 11.4 Å². The zero-order chi connectivity index (χ0) is 14.1. The third kappa shape index (κ3) is 2.57. The summed E-state index contributed by atoms with van der Waals surface area (Å²) in [4.78, 5) is 4.94. The summed E-state index contributed by atoms with van der Waals surface area (Å²) >= 11 is 0.132. The first-order valence-corrected chi connectivity index (χ1v) is 9.06. The van der Waals surface area contributed by atoms with Crippen LogP contribution in [0.3, 0.4) is 0 Å². The Labute approximate surface area is 130 Å². The van der Waals surface area contributed by atoms with Gasteiger partial charge >= 0.3 is 131 Å². The molecular formula is C18H17IN-. The third-order valence-electron chi connectivity index (χ3n) is 3.47. The molecule has 0 unspecified atom stereocenters. The van der Waals surface area contributed by atoms with E-state index in [2.05, 4.69) is 54.9 Å². The first-order valence-electron chi connectivity index (χ1n) is 6.73. The molecule has 3 rings (SSSR count). The Morgan fingerprint density at radius 2 is 2.15 bits per heavy atom. The molecule has 1 aromatic rings. The van der Waals surface area contributed by atoms with Gasteiger partial charge in [0.05, 0.1) is 0 Å². The number of hydrogen-bond acceptors (Lipinski definition) is 1. The molecule has 1 aromatic carbocycles. The van der Waals surface area contributed by atoms with Crippen molar-refractivity contribution in [2.45, 2.75) is 20.3 Å². The summed E-state index contributed by atoms with van der Waals surface area (Å²) in [6.45, 7) is 8.21. The molecule has 0 bridgehead atoms. The molecule has 0 aromatic heterocycles. The fourth-order valence-corrected chi connectivity index (χ4v) is 3.65. The van der Waals surface area contributed by atoms with Crippen LogP contribution in [-0.4, -0.2) is 5.71 Å². The van der Waals surface area contributed by atoms with Crippen LogP contribution in [0.4, 0.5) is 5.69 Å². The fraction of sp³-hybridized carbons (Fsp3) is 0.167. The zero-order valence-electron chi connectivity index (χ0n) is 11.8. The standard InChI is InChI=1S/C18H17IN/c1-4-6-13-10-14-9-12(3)7-8-17(14)20-18(15(13)5-2)16-11-19-16/h4-9,11H,2,10H2,1,3H3/q-1/b6-4-. The molecule has 1 nitrogen and oxygen atoms in total. The van der Waals surface area contributed by atoms with Crippen molar-refractivity contribution in [3.8, 4) is 0 Å². The molecule has 2 heteroatoms. The summed E-state index contributed by atoms with van der Waals surface area (Å²) in [5.41, 5.74) is 7.40. The summed E-state index contributed by atoms with van der Waals surface area (Å²) in [5.74, 6) is 0. The third-order valence-corrected chi connectivity index (χ3v) is 5.22. The number of aryl methyl sites for hydroxylation is 1. The number of aliphatic imine (C=N–C) groups is 1. The van der Waals surface area contributed by atoms with Gasteiger partial charge in [0.15, 0.2) is 0 Å². The van der Waals surface area contributed by atoms with Gasteiger partial charge in [-0.25, -0.2) is 0 Å². The number of nitrogens with zero attached hydrogens (tertiary/aromatic N) is 1. The minimum atomic E-state index is 0.132. The molecule has 0 atom stereocenters. The maximum absolute atomic E-state index is 4.94.